The van der Waals surface area contributed by atoms with Crippen molar-refractivity contribution in [2.45, 2.75) is 32.2 Å². The van der Waals surface area contributed by atoms with Gasteiger partial charge in [-0.05, 0) is 26.2 Å². The first-order valence-electron chi connectivity index (χ1n) is 6.98. The van der Waals surface area contributed by atoms with Gasteiger partial charge in [0.05, 0.1) is 12.5 Å². The highest BCUT2D eigenvalue weighted by Crippen LogP contribution is 2.21. The standard InChI is InChI=1S/C12H22N2O5S/c1-9(11-4-7-19-8-11)13-20(17,18)14-5-2-10(3-6-14)12(15)16/h9-11,13H,2-8H2,1H3,(H,15,16). The fourth-order valence-corrected chi connectivity index (χ4v) is 4.20. The second kappa shape index (κ2) is 6.38. The van der Waals surface area contributed by atoms with Crippen molar-refractivity contribution < 1.29 is 23.1 Å². The Hall–Kier alpha value is -0.700. The van der Waals surface area contributed by atoms with Gasteiger partial charge in [0, 0.05) is 31.7 Å². The normalized spacial score (nSPS) is 27.6. The van der Waals surface area contributed by atoms with Gasteiger partial charge in [0.1, 0.15) is 0 Å². The molecule has 0 aromatic carbocycles. The molecule has 2 atom stereocenters. The first-order valence-corrected chi connectivity index (χ1v) is 8.42. The Morgan fingerprint density at radius 1 is 1.35 bits per heavy atom. The zero-order valence-electron chi connectivity index (χ0n) is 11.6. The van der Waals surface area contributed by atoms with Gasteiger partial charge in [-0.3, -0.25) is 4.79 Å². The van der Waals surface area contributed by atoms with Crippen molar-refractivity contribution in [2.24, 2.45) is 11.8 Å². The van der Waals surface area contributed by atoms with E-state index in [0.717, 1.165) is 6.42 Å². The predicted octanol–water partition coefficient (Wildman–Crippen LogP) is 0.0424. The Labute approximate surface area is 119 Å². The summed E-state index contributed by atoms with van der Waals surface area (Å²) in [6.45, 7) is 3.65. The lowest BCUT2D eigenvalue weighted by Gasteiger charge is -2.31. The molecule has 0 saturated carbocycles. The number of hydrogen-bond donors (Lipinski definition) is 2. The van der Waals surface area contributed by atoms with Crippen LogP contribution in [-0.4, -0.2) is 56.1 Å². The molecule has 0 spiro atoms. The van der Waals surface area contributed by atoms with Gasteiger partial charge in [-0.2, -0.15) is 17.4 Å². The van der Waals surface area contributed by atoms with Crippen LogP contribution in [0.25, 0.3) is 0 Å². The van der Waals surface area contributed by atoms with Crippen LogP contribution in [-0.2, 0) is 19.7 Å². The highest BCUT2D eigenvalue weighted by atomic mass is 32.2. The maximum atomic E-state index is 12.3. The molecule has 2 saturated heterocycles. The summed E-state index contributed by atoms with van der Waals surface area (Å²) in [5, 5.41) is 8.92. The first kappa shape index (κ1) is 15.7. The molecule has 2 aliphatic rings. The van der Waals surface area contributed by atoms with Crippen LogP contribution in [0.5, 0.6) is 0 Å². The average Bonchev–Trinajstić information content (AvgIpc) is 2.92. The molecule has 116 valence electrons. The summed E-state index contributed by atoms with van der Waals surface area (Å²) in [4.78, 5) is 10.9. The Kier molecular flexibility index (Phi) is 5.00. The minimum absolute atomic E-state index is 0.167. The van der Waals surface area contributed by atoms with E-state index in [2.05, 4.69) is 4.72 Å². The molecule has 0 bridgehead atoms. The molecule has 0 aromatic heterocycles. The van der Waals surface area contributed by atoms with E-state index in [9.17, 15) is 13.2 Å². The molecule has 0 aromatic rings. The molecule has 2 rings (SSSR count). The summed E-state index contributed by atoms with van der Waals surface area (Å²) in [5.74, 6) is -1.06. The highest BCUT2D eigenvalue weighted by Gasteiger charge is 2.33. The van der Waals surface area contributed by atoms with Gasteiger partial charge in [-0.25, -0.2) is 0 Å². The second-order valence-electron chi connectivity index (χ2n) is 5.55. The van der Waals surface area contributed by atoms with E-state index in [1.165, 1.54) is 4.31 Å². The maximum Gasteiger partial charge on any atom is 0.306 e. The fourth-order valence-electron chi connectivity index (χ4n) is 2.70. The Morgan fingerprint density at radius 2 is 2.00 bits per heavy atom. The second-order valence-corrected chi connectivity index (χ2v) is 7.25. The SMILES string of the molecule is CC(NS(=O)(=O)N1CCC(C(=O)O)CC1)C1CCOC1. The molecular weight excluding hydrogens is 284 g/mol. The first-order chi connectivity index (χ1) is 9.40. The third-order valence-electron chi connectivity index (χ3n) is 4.15. The molecule has 2 fully saturated rings. The van der Waals surface area contributed by atoms with Crippen molar-refractivity contribution in [2.75, 3.05) is 26.3 Å². The van der Waals surface area contributed by atoms with E-state index in [1.807, 2.05) is 6.92 Å². The third-order valence-corrected chi connectivity index (χ3v) is 5.86. The smallest absolute Gasteiger partial charge is 0.306 e. The number of carboxylic acids is 1. The Morgan fingerprint density at radius 3 is 2.50 bits per heavy atom. The monoisotopic (exact) mass is 306 g/mol. The minimum Gasteiger partial charge on any atom is -0.481 e. The summed E-state index contributed by atoms with van der Waals surface area (Å²) >= 11 is 0. The van der Waals surface area contributed by atoms with E-state index in [4.69, 9.17) is 9.84 Å². The number of nitrogens with one attached hydrogen (secondary N) is 1. The van der Waals surface area contributed by atoms with E-state index < -0.39 is 22.1 Å². The molecule has 2 unspecified atom stereocenters. The van der Waals surface area contributed by atoms with Gasteiger partial charge < -0.3 is 9.84 Å². The van der Waals surface area contributed by atoms with Crippen LogP contribution >= 0.6 is 0 Å². The largest absolute Gasteiger partial charge is 0.481 e. The zero-order chi connectivity index (χ0) is 14.8. The quantitative estimate of drug-likeness (QED) is 0.748. The van der Waals surface area contributed by atoms with E-state index >= 15 is 0 Å². The van der Waals surface area contributed by atoms with Gasteiger partial charge in [-0.1, -0.05) is 0 Å². The molecular formula is C12H22N2O5S. The Balaban J connectivity index is 1.89. The lowest BCUT2D eigenvalue weighted by molar-refractivity contribution is -0.142. The van der Waals surface area contributed by atoms with Crippen molar-refractivity contribution >= 4 is 16.2 Å². The van der Waals surface area contributed by atoms with Crippen molar-refractivity contribution in [3.8, 4) is 0 Å². The van der Waals surface area contributed by atoms with Crippen LogP contribution in [0.2, 0.25) is 0 Å². The summed E-state index contributed by atoms with van der Waals surface area (Å²) in [7, 11) is -3.53. The van der Waals surface area contributed by atoms with Crippen LogP contribution in [0.1, 0.15) is 26.2 Å². The van der Waals surface area contributed by atoms with Gasteiger partial charge in [0.15, 0.2) is 0 Å². The molecule has 20 heavy (non-hydrogen) atoms. The van der Waals surface area contributed by atoms with Crippen molar-refractivity contribution in [3.05, 3.63) is 0 Å². The number of carbonyl (C=O) groups is 1. The number of aliphatic carboxylic acids is 1. The molecule has 2 N–H and O–H groups in total. The molecule has 0 radical (unpaired) electrons. The highest BCUT2D eigenvalue weighted by molar-refractivity contribution is 7.87. The van der Waals surface area contributed by atoms with E-state index in [0.29, 0.717) is 26.1 Å². The number of rotatable bonds is 5. The average molecular weight is 306 g/mol. The van der Waals surface area contributed by atoms with Gasteiger partial charge in [0.2, 0.25) is 0 Å². The van der Waals surface area contributed by atoms with E-state index in [1.54, 1.807) is 0 Å². The lowest BCUT2D eigenvalue weighted by atomic mass is 9.99. The number of ether oxygens (including phenoxy) is 1. The topological polar surface area (TPSA) is 95.9 Å². The lowest BCUT2D eigenvalue weighted by Crippen LogP contribution is -2.50. The zero-order valence-corrected chi connectivity index (χ0v) is 12.4. The summed E-state index contributed by atoms with van der Waals surface area (Å²) in [5.41, 5.74) is 0. The molecule has 2 aliphatic heterocycles. The van der Waals surface area contributed by atoms with Crippen LogP contribution in [0.15, 0.2) is 0 Å². The van der Waals surface area contributed by atoms with E-state index in [-0.39, 0.29) is 25.0 Å². The summed E-state index contributed by atoms with van der Waals surface area (Å²) in [6, 6.07) is -0.167. The van der Waals surface area contributed by atoms with Crippen LogP contribution in [0.4, 0.5) is 0 Å². The Bertz CT molecular complexity index is 439. The fraction of sp³-hybridized carbons (Fsp3) is 0.917. The number of hydrogen-bond acceptors (Lipinski definition) is 4. The number of piperidine rings is 1. The van der Waals surface area contributed by atoms with Gasteiger partial charge in [0.25, 0.3) is 10.2 Å². The third kappa shape index (κ3) is 3.69. The van der Waals surface area contributed by atoms with Crippen molar-refractivity contribution in [3.63, 3.8) is 0 Å². The van der Waals surface area contributed by atoms with Crippen molar-refractivity contribution in [1.29, 1.82) is 0 Å². The van der Waals surface area contributed by atoms with Gasteiger partial charge >= 0.3 is 5.97 Å². The number of carboxylic acid groups (broad SMARTS) is 1. The van der Waals surface area contributed by atoms with Crippen LogP contribution < -0.4 is 4.72 Å². The van der Waals surface area contributed by atoms with Crippen LogP contribution in [0, 0.1) is 11.8 Å². The van der Waals surface area contributed by atoms with Gasteiger partial charge in [-0.15, -0.1) is 0 Å². The minimum atomic E-state index is -3.53. The summed E-state index contributed by atoms with van der Waals surface area (Å²) < 4.78 is 33.8. The molecule has 0 aliphatic carbocycles. The predicted molar refractivity (Wildman–Crippen MR) is 72.4 cm³/mol. The molecule has 2 heterocycles. The number of nitrogens with zero attached hydrogens (tertiary/aromatic N) is 1. The summed E-state index contributed by atoms with van der Waals surface area (Å²) in [6.07, 6.45) is 1.61. The molecule has 8 heteroatoms. The molecule has 0 amide bonds. The van der Waals surface area contributed by atoms with Crippen molar-refractivity contribution in [1.82, 2.24) is 9.03 Å². The van der Waals surface area contributed by atoms with Crippen LogP contribution in [0.3, 0.4) is 0 Å². The maximum absolute atomic E-state index is 12.3. The molecule has 7 nitrogen and oxygen atoms in total.